The average molecular weight is 342 g/mol. The summed E-state index contributed by atoms with van der Waals surface area (Å²) in [7, 11) is 0. The molecule has 2 unspecified atom stereocenters. The van der Waals surface area contributed by atoms with E-state index in [0.717, 1.165) is 37.2 Å². The highest BCUT2D eigenvalue weighted by Gasteiger charge is 2.22. The lowest BCUT2D eigenvalue weighted by Crippen LogP contribution is -2.37. The number of anilines is 1. The van der Waals surface area contributed by atoms with Gasteiger partial charge in [-0.3, -0.25) is 0 Å². The van der Waals surface area contributed by atoms with Crippen molar-refractivity contribution in [3.8, 4) is 0 Å². The Morgan fingerprint density at radius 3 is 2.40 bits per heavy atom. The maximum absolute atomic E-state index is 13.9. The minimum atomic E-state index is -0.214. The summed E-state index contributed by atoms with van der Waals surface area (Å²) in [6, 6.07) is 15.5. The lowest BCUT2D eigenvalue weighted by Gasteiger charge is -2.34. The lowest BCUT2D eigenvalue weighted by atomic mass is 10.00. The molecule has 25 heavy (non-hydrogen) atoms. The molecule has 2 aromatic carbocycles. The first-order valence-electron chi connectivity index (χ1n) is 9.08. The van der Waals surface area contributed by atoms with Crippen LogP contribution < -0.4 is 10.2 Å². The van der Waals surface area contributed by atoms with E-state index in [9.17, 15) is 9.50 Å². The molecule has 1 heterocycles. The fourth-order valence-electron chi connectivity index (χ4n) is 3.57. The number of aliphatic hydroxyl groups is 1. The predicted octanol–water partition coefficient (Wildman–Crippen LogP) is 4.20. The van der Waals surface area contributed by atoms with Crippen LogP contribution >= 0.6 is 0 Å². The van der Waals surface area contributed by atoms with Crippen molar-refractivity contribution in [2.24, 2.45) is 0 Å². The van der Waals surface area contributed by atoms with Crippen molar-refractivity contribution in [1.29, 1.82) is 0 Å². The summed E-state index contributed by atoms with van der Waals surface area (Å²) in [6.07, 6.45) is 1.31. The molecule has 2 N–H and O–H groups in total. The summed E-state index contributed by atoms with van der Waals surface area (Å²) in [5.74, 6) is -0.211. The third-order valence-electron chi connectivity index (χ3n) is 5.06. The van der Waals surface area contributed by atoms with Gasteiger partial charge >= 0.3 is 0 Å². The monoisotopic (exact) mass is 342 g/mol. The number of nitrogens with one attached hydrogen (secondary N) is 1. The quantitative estimate of drug-likeness (QED) is 0.855. The van der Waals surface area contributed by atoms with Crippen LogP contribution in [0.4, 0.5) is 10.1 Å². The van der Waals surface area contributed by atoms with Gasteiger partial charge in [0.1, 0.15) is 5.82 Å². The molecule has 3 nitrogen and oxygen atoms in total. The second kappa shape index (κ2) is 7.98. The van der Waals surface area contributed by atoms with Gasteiger partial charge in [-0.2, -0.15) is 0 Å². The number of halogens is 1. The van der Waals surface area contributed by atoms with Gasteiger partial charge in [-0.15, -0.1) is 0 Å². The van der Waals surface area contributed by atoms with Gasteiger partial charge in [-0.25, -0.2) is 4.39 Å². The van der Waals surface area contributed by atoms with Crippen molar-refractivity contribution in [1.82, 2.24) is 5.32 Å². The van der Waals surface area contributed by atoms with Crippen LogP contribution in [0.1, 0.15) is 49.9 Å². The Morgan fingerprint density at radius 1 is 1.04 bits per heavy atom. The van der Waals surface area contributed by atoms with Crippen molar-refractivity contribution in [3.63, 3.8) is 0 Å². The lowest BCUT2D eigenvalue weighted by molar-refractivity contribution is 0.145. The van der Waals surface area contributed by atoms with E-state index in [1.165, 1.54) is 11.6 Å². The SMILES string of the molecule is CC(NC(C)c1cc(F)ccc1N1CCC(O)CC1)c1ccccc1. The minimum absolute atomic E-state index is 0.0211. The summed E-state index contributed by atoms with van der Waals surface area (Å²) in [4.78, 5) is 2.26. The van der Waals surface area contributed by atoms with E-state index < -0.39 is 0 Å². The van der Waals surface area contributed by atoms with Crippen LogP contribution in [-0.2, 0) is 0 Å². The molecule has 0 bridgehead atoms. The number of nitrogens with zero attached hydrogens (tertiary/aromatic N) is 1. The summed E-state index contributed by atoms with van der Waals surface area (Å²) >= 11 is 0. The van der Waals surface area contributed by atoms with Crippen molar-refractivity contribution < 1.29 is 9.50 Å². The van der Waals surface area contributed by atoms with Crippen molar-refractivity contribution in [3.05, 3.63) is 65.5 Å². The van der Waals surface area contributed by atoms with Gasteiger partial charge in [0.25, 0.3) is 0 Å². The molecule has 0 aliphatic carbocycles. The normalized spacial score (nSPS) is 18.2. The van der Waals surface area contributed by atoms with Gasteiger partial charge < -0.3 is 15.3 Å². The molecule has 1 aliphatic heterocycles. The maximum atomic E-state index is 13.9. The molecule has 4 heteroatoms. The van der Waals surface area contributed by atoms with Gasteiger partial charge in [-0.1, -0.05) is 30.3 Å². The van der Waals surface area contributed by atoms with E-state index in [4.69, 9.17) is 0 Å². The number of hydrogen-bond acceptors (Lipinski definition) is 3. The summed E-state index contributed by atoms with van der Waals surface area (Å²) in [5, 5.41) is 13.3. The number of piperidine rings is 1. The molecule has 2 atom stereocenters. The van der Waals surface area contributed by atoms with Crippen LogP contribution in [0, 0.1) is 5.82 Å². The van der Waals surface area contributed by atoms with Crippen molar-refractivity contribution in [2.45, 2.75) is 44.9 Å². The van der Waals surface area contributed by atoms with Gasteiger partial charge in [0.05, 0.1) is 6.10 Å². The van der Waals surface area contributed by atoms with E-state index in [0.29, 0.717) is 0 Å². The molecule has 2 aromatic rings. The zero-order valence-corrected chi connectivity index (χ0v) is 15.0. The highest BCUT2D eigenvalue weighted by Crippen LogP contribution is 2.31. The van der Waals surface area contributed by atoms with Crippen LogP contribution in [0.25, 0.3) is 0 Å². The Balaban J connectivity index is 1.79. The van der Waals surface area contributed by atoms with E-state index >= 15 is 0 Å². The molecule has 0 spiro atoms. The van der Waals surface area contributed by atoms with Crippen LogP contribution in [0.3, 0.4) is 0 Å². The molecule has 1 fully saturated rings. The summed E-state index contributed by atoms with van der Waals surface area (Å²) in [6.45, 7) is 5.82. The first-order valence-corrected chi connectivity index (χ1v) is 9.08. The molecule has 1 aliphatic rings. The second-order valence-electron chi connectivity index (χ2n) is 6.94. The number of hydrogen-bond donors (Lipinski definition) is 2. The topological polar surface area (TPSA) is 35.5 Å². The first kappa shape index (κ1) is 17.9. The predicted molar refractivity (Wildman–Crippen MR) is 100 cm³/mol. The Labute approximate surface area is 149 Å². The summed E-state index contributed by atoms with van der Waals surface area (Å²) < 4.78 is 13.9. The van der Waals surface area contributed by atoms with Crippen molar-refractivity contribution in [2.75, 3.05) is 18.0 Å². The first-order chi connectivity index (χ1) is 12.0. The molecule has 134 valence electrons. The van der Waals surface area contributed by atoms with Crippen molar-refractivity contribution >= 4 is 5.69 Å². The highest BCUT2D eigenvalue weighted by atomic mass is 19.1. The fraction of sp³-hybridized carbons (Fsp3) is 0.429. The molecule has 0 amide bonds. The number of benzene rings is 2. The third-order valence-corrected chi connectivity index (χ3v) is 5.06. The highest BCUT2D eigenvalue weighted by molar-refractivity contribution is 5.55. The molecule has 0 saturated carbocycles. The number of rotatable bonds is 5. The third kappa shape index (κ3) is 4.39. The van der Waals surface area contributed by atoms with Gasteiger partial charge in [0, 0.05) is 30.9 Å². The average Bonchev–Trinajstić information content (AvgIpc) is 2.63. The van der Waals surface area contributed by atoms with E-state index in [1.54, 1.807) is 6.07 Å². The Kier molecular flexibility index (Phi) is 5.71. The molecule has 0 radical (unpaired) electrons. The smallest absolute Gasteiger partial charge is 0.123 e. The van der Waals surface area contributed by atoms with Crippen LogP contribution in [0.15, 0.2) is 48.5 Å². The van der Waals surface area contributed by atoms with Crippen LogP contribution in [-0.4, -0.2) is 24.3 Å². The zero-order chi connectivity index (χ0) is 17.8. The van der Waals surface area contributed by atoms with Gasteiger partial charge in [0.2, 0.25) is 0 Å². The Morgan fingerprint density at radius 2 is 1.72 bits per heavy atom. The number of aliphatic hydroxyl groups excluding tert-OH is 1. The van der Waals surface area contributed by atoms with E-state index in [1.807, 2.05) is 24.3 Å². The van der Waals surface area contributed by atoms with Gasteiger partial charge in [-0.05, 0) is 56.0 Å². The molecule has 1 saturated heterocycles. The van der Waals surface area contributed by atoms with E-state index in [-0.39, 0.29) is 24.0 Å². The Bertz CT molecular complexity index is 684. The van der Waals surface area contributed by atoms with Crippen LogP contribution in [0.2, 0.25) is 0 Å². The maximum Gasteiger partial charge on any atom is 0.123 e. The zero-order valence-electron chi connectivity index (χ0n) is 15.0. The molecular formula is C21H27FN2O. The molecule has 3 rings (SSSR count). The fourth-order valence-corrected chi connectivity index (χ4v) is 3.57. The standard InChI is InChI=1S/C21H27FN2O/c1-15(17-6-4-3-5-7-17)23-16(2)20-14-18(22)8-9-21(20)24-12-10-19(25)11-13-24/h3-9,14-16,19,23,25H,10-13H2,1-2H3. The van der Waals surface area contributed by atoms with Gasteiger partial charge in [0.15, 0.2) is 0 Å². The molecule has 0 aromatic heterocycles. The second-order valence-corrected chi connectivity index (χ2v) is 6.94. The van der Waals surface area contributed by atoms with E-state index in [2.05, 4.69) is 36.2 Å². The summed E-state index contributed by atoms with van der Waals surface area (Å²) in [5.41, 5.74) is 3.25. The molecular weight excluding hydrogens is 315 g/mol. The Hall–Kier alpha value is -1.91. The minimum Gasteiger partial charge on any atom is -0.393 e. The largest absolute Gasteiger partial charge is 0.393 e. The van der Waals surface area contributed by atoms with Crippen LogP contribution in [0.5, 0.6) is 0 Å².